The first-order valence-corrected chi connectivity index (χ1v) is 12.3. The van der Waals surface area contributed by atoms with Crippen molar-refractivity contribution in [1.29, 1.82) is 0 Å². The van der Waals surface area contributed by atoms with Crippen LogP contribution in [0.1, 0.15) is 63.0 Å². The number of pyridine rings is 1. The molecule has 1 N–H and O–H groups in total. The number of hydrogen-bond acceptors (Lipinski definition) is 4. The van der Waals surface area contributed by atoms with Gasteiger partial charge in [0.05, 0.1) is 23.4 Å². The van der Waals surface area contributed by atoms with Crippen molar-refractivity contribution in [1.82, 2.24) is 9.88 Å². The van der Waals surface area contributed by atoms with Gasteiger partial charge in [-0.15, -0.1) is 0 Å². The molecule has 2 heterocycles. The molecule has 4 rings (SSSR count). The van der Waals surface area contributed by atoms with E-state index in [1.54, 1.807) is 0 Å². The molecule has 1 aliphatic heterocycles. The minimum atomic E-state index is -0.437. The van der Waals surface area contributed by atoms with Crippen LogP contribution in [0.2, 0.25) is 5.02 Å². The zero-order valence-corrected chi connectivity index (χ0v) is 21.0. The van der Waals surface area contributed by atoms with Crippen LogP contribution in [-0.4, -0.2) is 40.3 Å². The van der Waals surface area contributed by atoms with Crippen LogP contribution in [-0.2, 0) is 11.3 Å². The van der Waals surface area contributed by atoms with Crippen molar-refractivity contribution < 1.29 is 9.84 Å². The van der Waals surface area contributed by atoms with Gasteiger partial charge in [-0.1, -0.05) is 36.2 Å². The van der Waals surface area contributed by atoms with Crippen molar-refractivity contribution in [2.24, 2.45) is 0 Å². The molecule has 0 amide bonds. The Labute approximate surface area is 202 Å². The molecule has 0 spiro atoms. The number of benzene rings is 2. The highest BCUT2D eigenvalue weighted by molar-refractivity contribution is 6.30. The summed E-state index contributed by atoms with van der Waals surface area (Å²) < 4.78 is 6.31. The van der Waals surface area contributed by atoms with Crippen LogP contribution < -0.4 is 0 Å². The second-order valence-corrected chi connectivity index (χ2v) is 10.5. The number of likely N-dealkylation sites (tertiary alicyclic amines) is 1. The third-order valence-corrected chi connectivity index (χ3v) is 6.50. The van der Waals surface area contributed by atoms with Crippen molar-refractivity contribution in [3.8, 4) is 11.1 Å². The zero-order valence-electron chi connectivity index (χ0n) is 20.2. The predicted octanol–water partition coefficient (Wildman–Crippen LogP) is 6.70. The van der Waals surface area contributed by atoms with Gasteiger partial charge in [-0.3, -0.25) is 9.88 Å². The third-order valence-electron chi connectivity index (χ3n) is 6.25. The summed E-state index contributed by atoms with van der Waals surface area (Å²) in [6, 6.07) is 14.4. The summed E-state index contributed by atoms with van der Waals surface area (Å²) in [5.41, 5.74) is 5.87. The van der Waals surface area contributed by atoms with E-state index < -0.39 is 6.10 Å². The number of rotatable bonds is 6. The topological polar surface area (TPSA) is 45.6 Å². The number of aromatic nitrogens is 1. The van der Waals surface area contributed by atoms with Gasteiger partial charge in [-0.05, 0) is 100 Å². The average molecular weight is 467 g/mol. The summed E-state index contributed by atoms with van der Waals surface area (Å²) in [7, 11) is 0. The highest BCUT2D eigenvalue weighted by Crippen LogP contribution is 2.40. The van der Waals surface area contributed by atoms with Crippen LogP contribution >= 0.6 is 11.6 Å². The number of aliphatic hydroxyl groups is 1. The number of ether oxygens (including phenoxy) is 1. The molecule has 1 atom stereocenters. The zero-order chi connectivity index (χ0) is 23.6. The van der Waals surface area contributed by atoms with Gasteiger partial charge in [0.2, 0.25) is 0 Å². The van der Waals surface area contributed by atoms with Crippen LogP contribution in [0.25, 0.3) is 22.0 Å². The Kier molecular flexibility index (Phi) is 7.40. The molecule has 1 aromatic heterocycles. The van der Waals surface area contributed by atoms with Gasteiger partial charge in [-0.25, -0.2) is 0 Å². The maximum Gasteiger partial charge on any atom is 0.107 e. The Hall–Kier alpha value is -1.98. The number of halogens is 1. The summed E-state index contributed by atoms with van der Waals surface area (Å²) in [5, 5.41) is 12.1. The largest absolute Gasteiger partial charge is 0.393 e. The van der Waals surface area contributed by atoms with E-state index in [-0.39, 0.29) is 12.2 Å². The fourth-order valence-electron chi connectivity index (χ4n) is 4.86. The Morgan fingerprint density at radius 1 is 1.06 bits per heavy atom. The van der Waals surface area contributed by atoms with Gasteiger partial charge in [0, 0.05) is 17.0 Å². The number of fused-ring (bicyclic) bond motifs is 1. The number of nitrogens with zero attached hydrogens (tertiary/aromatic N) is 2. The quantitative estimate of drug-likeness (QED) is 0.439. The van der Waals surface area contributed by atoms with Gasteiger partial charge in [0.25, 0.3) is 0 Å². The number of aryl methyl sites for hydroxylation is 1. The summed E-state index contributed by atoms with van der Waals surface area (Å²) in [6.07, 6.45) is 3.43. The third kappa shape index (κ3) is 5.75. The SMILES string of the molecule is Cc1cc2nc(CN3CCCCC3)ccc2c(-c2ccc(Cl)cc2)c1C(CO)OC(C)(C)C. The van der Waals surface area contributed by atoms with E-state index in [1.165, 1.54) is 19.3 Å². The van der Waals surface area contributed by atoms with Crippen LogP contribution in [0, 0.1) is 6.92 Å². The second-order valence-electron chi connectivity index (χ2n) is 10.1. The van der Waals surface area contributed by atoms with Crippen molar-refractivity contribution in [3.05, 3.63) is 64.3 Å². The van der Waals surface area contributed by atoms with Gasteiger partial charge >= 0.3 is 0 Å². The van der Waals surface area contributed by atoms with Crippen molar-refractivity contribution in [2.45, 2.75) is 65.2 Å². The highest BCUT2D eigenvalue weighted by Gasteiger charge is 2.26. The van der Waals surface area contributed by atoms with Crippen LogP contribution in [0.15, 0.2) is 42.5 Å². The molecule has 1 unspecified atom stereocenters. The van der Waals surface area contributed by atoms with Gasteiger partial charge in [0.15, 0.2) is 0 Å². The number of aliphatic hydroxyl groups excluding tert-OH is 1. The maximum atomic E-state index is 10.3. The molecule has 0 saturated carbocycles. The molecule has 0 aliphatic carbocycles. The Balaban J connectivity index is 1.85. The molecule has 0 bridgehead atoms. The first-order chi connectivity index (χ1) is 15.7. The lowest BCUT2D eigenvalue weighted by Crippen LogP contribution is -2.29. The van der Waals surface area contributed by atoms with Crippen LogP contribution in [0.4, 0.5) is 0 Å². The predicted molar refractivity (Wildman–Crippen MR) is 137 cm³/mol. The first-order valence-electron chi connectivity index (χ1n) is 12.0. The summed E-state index contributed by atoms with van der Waals surface area (Å²) in [4.78, 5) is 7.56. The Morgan fingerprint density at radius 2 is 1.76 bits per heavy atom. The average Bonchev–Trinajstić information content (AvgIpc) is 2.77. The van der Waals surface area contributed by atoms with Crippen molar-refractivity contribution in [2.75, 3.05) is 19.7 Å². The van der Waals surface area contributed by atoms with E-state index in [4.69, 9.17) is 21.3 Å². The molecule has 1 aliphatic rings. The molecule has 5 heteroatoms. The lowest BCUT2D eigenvalue weighted by molar-refractivity contribution is -0.0821. The first kappa shape index (κ1) is 24.2. The van der Waals surface area contributed by atoms with Gasteiger partial charge in [0.1, 0.15) is 6.10 Å². The van der Waals surface area contributed by atoms with Gasteiger partial charge in [-0.2, -0.15) is 0 Å². The summed E-state index contributed by atoms with van der Waals surface area (Å²) in [6.45, 7) is 11.2. The van der Waals surface area contributed by atoms with E-state index >= 15 is 0 Å². The maximum absolute atomic E-state index is 10.3. The highest BCUT2D eigenvalue weighted by atomic mass is 35.5. The molecule has 176 valence electrons. The minimum absolute atomic E-state index is 0.0926. The fraction of sp³-hybridized carbons (Fsp3) is 0.464. The van der Waals surface area contributed by atoms with E-state index in [9.17, 15) is 5.11 Å². The molecular weight excluding hydrogens is 432 g/mol. The molecule has 3 aromatic rings. The van der Waals surface area contributed by atoms with Crippen LogP contribution in [0.5, 0.6) is 0 Å². The van der Waals surface area contributed by atoms with Gasteiger partial charge < -0.3 is 9.84 Å². The molecule has 33 heavy (non-hydrogen) atoms. The van der Waals surface area contributed by atoms with E-state index in [1.807, 2.05) is 45.0 Å². The smallest absolute Gasteiger partial charge is 0.107 e. The van der Waals surface area contributed by atoms with Crippen molar-refractivity contribution in [3.63, 3.8) is 0 Å². The number of hydrogen-bond donors (Lipinski definition) is 1. The van der Waals surface area contributed by atoms with Crippen LogP contribution in [0.3, 0.4) is 0 Å². The lowest BCUT2D eigenvalue weighted by Gasteiger charge is -2.30. The molecule has 2 aromatic carbocycles. The minimum Gasteiger partial charge on any atom is -0.393 e. The van der Waals surface area contributed by atoms with Crippen molar-refractivity contribution >= 4 is 22.5 Å². The van der Waals surface area contributed by atoms with E-state index in [0.29, 0.717) is 5.02 Å². The molecule has 1 fully saturated rings. The number of piperidine rings is 1. The standard InChI is InChI=1S/C28H35ClN2O2/c1-19-16-24-23(13-12-22(30-24)17-31-14-6-5-7-15-31)27(20-8-10-21(29)11-9-20)26(19)25(18-32)33-28(2,3)4/h8-13,16,25,32H,5-7,14-15,17-18H2,1-4H3. The Morgan fingerprint density at radius 3 is 2.39 bits per heavy atom. The molecular formula is C28H35ClN2O2. The monoisotopic (exact) mass is 466 g/mol. The molecule has 4 nitrogen and oxygen atoms in total. The normalized spacial score (nSPS) is 16.3. The van der Waals surface area contributed by atoms with E-state index in [2.05, 4.69) is 30.0 Å². The fourth-order valence-corrected chi connectivity index (χ4v) is 4.98. The molecule has 0 radical (unpaired) electrons. The summed E-state index contributed by atoms with van der Waals surface area (Å²) >= 11 is 6.20. The van der Waals surface area contributed by atoms with E-state index in [0.717, 1.165) is 58.5 Å². The summed E-state index contributed by atoms with van der Waals surface area (Å²) in [5.74, 6) is 0. The Bertz CT molecular complexity index is 1100. The molecule has 1 saturated heterocycles. The second kappa shape index (κ2) is 10.1. The lowest BCUT2D eigenvalue weighted by atomic mass is 9.88.